The second-order valence-electron chi connectivity index (χ2n) is 9.21. The van der Waals surface area contributed by atoms with Gasteiger partial charge in [0.2, 0.25) is 11.8 Å². The van der Waals surface area contributed by atoms with E-state index >= 15 is 0 Å². The predicted octanol–water partition coefficient (Wildman–Crippen LogP) is 0.462. The van der Waals surface area contributed by atoms with Gasteiger partial charge in [-0.1, -0.05) is 11.6 Å². The Balaban J connectivity index is 2.13. The molecule has 0 radical (unpaired) electrons. The third-order valence-corrected chi connectivity index (χ3v) is 7.16. The van der Waals surface area contributed by atoms with E-state index < -0.39 is 54.5 Å². The largest absolute Gasteiger partial charge is 0.480 e. The van der Waals surface area contributed by atoms with Gasteiger partial charge in [0.05, 0.1) is 12.2 Å². The van der Waals surface area contributed by atoms with Crippen molar-refractivity contribution in [1.82, 2.24) is 10.6 Å². The maximum Gasteiger partial charge on any atom is 0.335 e. The van der Waals surface area contributed by atoms with Gasteiger partial charge in [0.25, 0.3) is 0 Å². The van der Waals surface area contributed by atoms with Gasteiger partial charge < -0.3 is 36.4 Å². The van der Waals surface area contributed by atoms with Crippen LogP contribution in [0.25, 0.3) is 0 Å². The van der Waals surface area contributed by atoms with E-state index in [1.165, 1.54) is 0 Å². The van der Waals surface area contributed by atoms with Gasteiger partial charge in [0.15, 0.2) is 0 Å². The number of aliphatic carboxylic acids is 2. The van der Waals surface area contributed by atoms with Crippen LogP contribution in [0.4, 0.5) is 0 Å². The molecular formula is C25H35N3O9S. The zero-order valence-corrected chi connectivity index (χ0v) is 22.0. The van der Waals surface area contributed by atoms with Gasteiger partial charge >= 0.3 is 17.9 Å². The van der Waals surface area contributed by atoms with Crippen LogP contribution in [0.3, 0.4) is 0 Å². The van der Waals surface area contributed by atoms with Crippen LogP contribution >= 0.6 is 11.8 Å². The van der Waals surface area contributed by atoms with E-state index in [4.69, 9.17) is 20.7 Å². The molecule has 0 aromatic rings. The zero-order valence-electron chi connectivity index (χ0n) is 21.2. The van der Waals surface area contributed by atoms with Crippen molar-refractivity contribution in [2.45, 2.75) is 63.6 Å². The smallest absolute Gasteiger partial charge is 0.335 e. The van der Waals surface area contributed by atoms with Crippen molar-refractivity contribution in [2.24, 2.45) is 11.7 Å². The summed E-state index contributed by atoms with van der Waals surface area (Å²) < 4.78 is 5.60. The Morgan fingerprint density at radius 2 is 2.00 bits per heavy atom. The van der Waals surface area contributed by atoms with E-state index in [-0.39, 0.29) is 31.1 Å². The summed E-state index contributed by atoms with van der Waals surface area (Å²) in [6, 6.07) is -2.38. The van der Waals surface area contributed by atoms with Crippen molar-refractivity contribution in [3.05, 3.63) is 34.3 Å². The van der Waals surface area contributed by atoms with Gasteiger partial charge in [-0.25, -0.2) is 4.79 Å². The average molecular weight is 554 g/mol. The maximum absolute atomic E-state index is 12.7. The van der Waals surface area contributed by atoms with E-state index in [1.54, 1.807) is 5.41 Å². The Bertz CT molecular complexity index is 1010. The molecule has 0 saturated carbocycles. The molecule has 2 amide bonds. The lowest BCUT2D eigenvalue weighted by atomic mass is 9.88. The molecule has 7 N–H and O–H groups in total. The molecule has 13 heteroatoms. The summed E-state index contributed by atoms with van der Waals surface area (Å²) in [6.45, 7) is 1.25. The van der Waals surface area contributed by atoms with Gasteiger partial charge in [0, 0.05) is 18.1 Å². The molecule has 0 aromatic carbocycles. The fourth-order valence-corrected chi connectivity index (χ4v) is 5.02. The number of thioether (sulfide) groups is 1. The summed E-state index contributed by atoms with van der Waals surface area (Å²) in [5, 5.41) is 33.7. The van der Waals surface area contributed by atoms with Crippen LogP contribution in [-0.2, 0) is 28.7 Å². The quantitative estimate of drug-likeness (QED) is 0.111. The first-order chi connectivity index (χ1) is 18.0. The molecule has 1 fully saturated rings. The number of hydrogen-bond acceptors (Lipinski definition) is 9. The predicted molar refractivity (Wildman–Crippen MR) is 139 cm³/mol. The Hall–Kier alpha value is -3.16. The topological polar surface area (TPSA) is 205 Å². The molecule has 2 rings (SSSR count). The number of amides is 2. The Morgan fingerprint density at radius 1 is 1.26 bits per heavy atom. The number of nitrogens with two attached hydrogens (primary N) is 1. The normalized spacial score (nSPS) is 22.3. The number of allylic oxidation sites excluding steroid dienone is 2. The number of ether oxygens (including phenoxy) is 1. The number of fused-ring (bicyclic) bond motifs is 1. The number of aliphatic hydroxyl groups excluding tert-OH is 1. The molecule has 12 nitrogen and oxygen atoms in total. The molecule has 1 heterocycles. The fourth-order valence-electron chi connectivity index (χ4n) is 4.04. The minimum atomic E-state index is -1.26. The van der Waals surface area contributed by atoms with Gasteiger partial charge in [-0.15, -0.1) is 11.8 Å². The van der Waals surface area contributed by atoms with Crippen molar-refractivity contribution in [2.75, 3.05) is 18.9 Å². The molecule has 210 valence electrons. The van der Waals surface area contributed by atoms with Crippen LogP contribution < -0.4 is 16.4 Å². The summed E-state index contributed by atoms with van der Waals surface area (Å²) in [4.78, 5) is 59.3. The average Bonchev–Trinajstić information content (AvgIpc) is 3.15. The van der Waals surface area contributed by atoms with Crippen LogP contribution in [0.15, 0.2) is 34.3 Å². The number of esters is 1. The standard InChI is InChI=1S/C25H35N3O9S/c1-14-3-2-4-15(11-29)5-6-16-17(25(36)37-20(16)9-14)12-38-13-19(23(33)27-10-22(31)32)28-21(30)8-7-18(26)24(34)35/h4,9,12,16,18-20,29H,2-3,5-8,10-11,13,26H2,1H3,(H,27,33)(H,28,30)(H,31,32)(H,34,35)/b14-9?,15-4?,17-12-/t16-,18-,19-,20+/m0/s1. The minimum absolute atomic E-state index is 0.0208. The Labute approximate surface area is 224 Å². The summed E-state index contributed by atoms with van der Waals surface area (Å²) in [7, 11) is 0. The summed E-state index contributed by atoms with van der Waals surface area (Å²) in [5.74, 6) is -4.65. The molecule has 1 aliphatic heterocycles. The number of rotatable bonds is 12. The molecule has 0 spiro atoms. The van der Waals surface area contributed by atoms with Crippen LogP contribution in [0.2, 0.25) is 0 Å². The summed E-state index contributed by atoms with van der Waals surface area (Å²) in [5.41, 5.74) is 7.80. The first-order valence-electron chi connectivity index (χ1n) is 12.3. The fraction of sp³-hybridized carbons (Fsp3) is 0.560. The van der Waals surface area contributed by atoms with Crippen molar-refractivity contribution < 1.29 is 44.0 Å². The SMILES string of the molecule is CC1=C[C@H]2OC(=O)/C(=C\SC[C@H](NC(=O)CC[C@H](N)C(=O)O)C(=O)NCC(=O)O)[C@@H]2CCC(CO)=CCC1. The van der Waals surface area contributed by atoms with Gasteiger partial charge in [-0.05, 0) is 56.1 Å². The molecule has 0 unspecified atom stereocenters. The van der Waals surface area contributed by atoms with Crippen LogP contribution in [0.5, 0.6) is 0 Å². The molecular weight excluding hydrogens is 518 g/mol. The number of carboxylic acids is 2. The molecule has 0 aromatic heterocycles. The van der Waals surface area contributed by atoms with Crippen LogP contribution in [-0.4, -0.2) is 82.1 Å². The first kappa shape index (κ1) is 31.1. The van der Waals surface area contributed by atoms with Crippen LogP contribution in [0, 0.1) is 5.92 Å². The molecule has 4 atom stereocenters. The van der Waals surface area contributed by atoms with E-state index in [0.29, 0.717) is 18.4 Å². The third kappa shape index (κ3) is 9.95. The van der Waals surface area contributed by atoms with E-state index in [1.807, 2.05) is 19.1 Å². The molecule has 38 heavy (non-hydrogen) atoms. The lowest BCUT2D eigenvalue weighted by Crippen LogP contribution is -2.49. The van der Waals surface area contributed by atoms with Crippen molar-refractivity contribution in [1.29, 1.82) is 0 Å². The second-order valence-corrected chi connectivity index (χ2v) is 10.1. The van der Waals surface area contributed by atoms with Gasteiger partial charge in [0.1, 0.15) is 24.7 Å². The number of carbonyl (C=O) groups is 5. The number of hydrogen-bond donors (Lipinski definition) is 6. The van der Waals surface area contributed by atoms with Gasteiger partial charge in [-0.3, -0.25) is 19.2 Å². The lowest BCUT2D eigenvalue weighted by molar-refractivity contribution is -0.139. The highest BCUT2D eigenvalue weighted by Gasteiger charge is 2.38. The summed E-state index contributed by atoms with van der Waals surface area (Å²) >= 11 is 1.09. The van der Waals surface area contributed by atoms with E-state index in [2.05, 4.69) is 10.6 Å². The third-order valence-electron chi connectivity index (χ3n) is 6.21. The van der Waals surface area contributed by atoms with E-state index in [9.17, 15) is 29.1 Å². The number of nitrogens with one attached hydrogen (secondary N) is 2. The van der Waals surface area contributed by atoms with Gasteiger partial charge in [-0.2, -0.15) is 0 Å². The number of carboxylic acid groups (broad SMARTS) is 2. The highest BCUT2D eigenvalue weighted by atomic mass is 32.2. The lowest BCUT2D eigenvalue weighted by Gasteiger charge is -2.19. The molecule has 2 aliphatic rings. The monoisotopic (exact) mass is 553 g/mol. The number of carbonyl (C=O) groups excluding carboxylic acids is 3. The van der Waals surface area contributed by atoms with Crippen molar-refractivity contribution in [3.63, 3.8) is 0 Å². The zero-order chi connectivity index (χ0) is 28.2. The van der Waals surface area contributed by atoms with Crippen molar-refractivity contribution >= 4 is 41.5 Å². The highest BCUT2D eigenvalue weighted by molar-refractivity contribution is 8.02. The van der Waals surface area contributed by atoms with Crippen LogP contribution in [0.1, 0.15) is 45.4 Å². The molecule has 1 aliphatic carbocycles. The second kappa shape index (κ2) is 15.3. The molecule has 1 saturated heterocycles. The minimum Gasteiger partial charge on any atom is -0.480 e. The maximum atomic E-state index is 12.7. The summed E-state index contributed by atoms with van der Waals surface area (Å²) in [6.07, 6.45) is 5.86. The van der Waals surface area contributed by atoms with Crippen molar-refractivity contribution in [3.8, 4) is 0 Å². The first-order valence-corrected chi connectivity index (χ1v) is 13.3. The molecule has 0 bridgehead atoms. The highest BCUT2D eigenvalue weighted by Crippen LogP contribution is 2.36. The Kier molecular flexibility index (Phi) is 12.5. The van der Waals surface area contributed by atoms with E-state index in [0.717, 1.165) is 35.7 Å². The Morgan fingerprint density at radius 3 is 2.66 bits per heavy atom. The number of aliphatic hydroxyl groups is 1.